The van der Waals surface area contributed by atoms with Gasteiger partial charge in [-0.15, -0.1) is 0 Å². The zero-order valence-electron chi connectivity index (χ0n) is 16.8. The van der Waals surface area contributed by atoms with E-state index in [2.05, 4.69) is 10.3 Å². The highest BCUT2D eigenvalue weighted by molar-refractivity contribution is 7.89. The predicted molar refractivity (Wildman–Crippen MR) is 115 cm³/mol. The molecule has 7 nitrogen and oxygen atoms in total. The third-order valence-corrected chi connectivity index (χ3v) is 6.48. The van der Waals surface area contributed by atoms with Crippen LogP contribution in [0.1, 0.15) is 22.8 Å². The van der Waals surface area contributed by atoms with Crippen LogP contribution in [-0.2, 0) is 16.6 Å². The zero-order valence-corrected chi connectivity index (χ0v) is 17.6. The highest BCUT2D eigenvalue weighted by Gasteiger charge is 2.23. The van der Waals surface area contributed by atoms with Crippen molar-refractivity contribution in [2.24, 2.45) is 0 Å². The Kier molecular flexibility index (Phi) is 6.81. The lowest BCUT2D eigenvalue weighted by Crippen LogP contribution is -2.30. The fourth-order valence-corrected chi connectivity index (χ4v) is 4.31. The van der Waals surface area contributed by atoms with Gasteiger partial charge in [0, 0.05) is 24.8 Å². The van der Waals surface area contributed by atoms with Crippen LogP contribution in [0.15, 0.2) is 78.0 Å². The normalized spacial score (nSPS) is 11.3. The summed E-state index contributed by atoms with van der Waals surface area (Å²) in [6.45, 7) is 2.31. The number of hydrogen-bond acceptors (Lipinski definition) is 5. The van der Waals surface area contributed by atoms with E-state index in [1.54, 1.807) is 67.8 Å². The molecule has 1 aromatic heterocycles. The third-order valence-electron chi connectivity index (χ3n) is 4.54. The van der Waals surface area contributed by atoms with Crippen molar-refractivity contribution in [2.45, 2.75) is 18.4 Å². The number of amides is 1. The molecule has 30 heavy (non-hydrogen) atoms. The van der Waals surface area contributed by atoms with Crippen molar-refractivity contribution in [3.8, 4) is 5.75 Å². The first kappa shape index (κ1) is 21.5. The molecule has 3 aromatic rings. The number of sulfonamides is 1. The van der Waals surface area contributed by atoms with E-state index in [0.717, 1.165) is 5.56 Å². The van der Waals surface area contributed by atoms with Gasteiger partial charge in [-0.1, -0.05) is 19.1 Å². The van der Waals surface area contributed by atoms with Crippen LogP contribution in [0.25, 0.3) is 0 Å². The van der Waals surface area contributed by atoms with Crippen LogP contribution < -0.4 is 10.1 Å². The van der Waals surface area contributed by atoms with E-state index in [4.69, 9.17) is 4.74 Å². The number of nitrogens with one attached hydrogen (secondary N) is 1. The van der Waals surface area contributed by atoms with Crippen molar-refractivity contribution in [1.29, 1.82) is 0 Å². The molecule has 0 saturated carbocycles. The van der Waals surface area contributed by atoms with E-state index in [-0.39, 0.29) is 17.3 Å². The van der Waals surface area contributed by atoms with Crippen molar-refractivity contribution in [3.05, 3.63) is 84.2 Å². The van der Waals surface area contributed by atoms with Gasteiger partial charge in [0.05, 0.1) is 23.9 Å². The number of anilines is 1. The smallest absolute Gasteiger partial charge is 0.255 e. The number of rotatable bonds is 8. The molecule has 0 fully saturated rings. The molecular formula is C22H23N3O4S. The predicted octanol–water partition coefficient (Wildman–Crippen LogP) is 3.55. The number of nitrogens with zero attached hydrogens (tertiary/aromatic N) is 2. The SMILES string of the molecule is CCN(Cc1ccc(C(=O)Nc2cccnc2)cc1)S(=O)(=O)c1ccc(OC)cc1. The van der Waals surface area contributed by atoms with Crippen LogP contribution >= 0.6 is 0 Å². The number of aromatic nitrogens is 1. The highest BCUT2D eigenvalue weighted by Crippen LogP contribution is 2.21. The van der Waals surface area contributed by atoms with Gasteiger partial charge < -0.3 is 10.1 Å². The molecule has 0 saturated heterocycles. The summed E-state index contributed by atoms with van der Waals surface area (Å²) in [5.41, 5.74) is 1.87. The molecule has 2 aromatic carbocycles. The van der Waals surface area contributed by atoms with Crippen molar-refractivity contribution < 1.29 is 17.9 Å². The maximum Gasteiger partial charge on any atom is 0.255 e. The van der Waals surface area contributed by atoms with Gasteiger partial charge >= 0.3 is 0 Å². The summed E-state index contributed by atoms with van der Waals surface area (Å²) < 4.78 is 32.4. The van der Waals surface area contributed by atoms with Gasteiger partial charge in [-0.3, -0.25) is 9.78 Å². The van der Waals surface area contributed by atoms with E-state index in [9.17, 15) is 13.2 Å². The first-order chi connectivity index (χ1) is 14.4. The summed E-state index contributed by atoms with van der Waals surface area (Å²) in [5.74, 6) is 0.338. The van der Waals surface area contributed by atoms with E-state index < -0.39 is 10.0 Å². The number of hydrogen-bond donors (Lipinski definition) is 1. The van der Waals surface area contributed by atoms with Crippen molar-refractivity contribution in [2.75, 3.05) is 19.0 Å². The molecule has 8 heteroatoms. The Morgan fingerprint density at radius 1 is 1.07 bits per heavy atom. The standard InChI is InChI=1S/C22H23N3O4S/c1-3-25(30(27,28)21-12-10-20(29-2)11-13-21)16-17-6-8-18(9-7-17)22(26)24-19-5-4-14-23-15-19/h4-15H,3,16H2,1-2H3,(H,24,26). The first-order valence-corrected chi connectivity index (χ1v) is 10.8. The van der Waals surface area contributed by atoms with Crippen LogP contribution in [0, 0.1) is 0 Å². The Bertz CT molecular complexity index is 1080. The molecule has 156 valence electrons. The number of benzene rings is 2. The minimum absolute atomic E-state index is 0.204. The molecule has 1 heterocycles. The van der Waals surface area contributed by atoms with Crippen molar-refractivity contribution >= 4 is 21.6 Å². The maximum atomic E-state index is 13.0. The van der Waals surface area contributed by atoms with Crippen LogP contribution in [0.2, 0.25) is 0 Å². The summed E-state index contributed by atoms with van der Waals surface area (Å²) in [4.78, 5) is 16.5. The molecule has 1 amide bonds. The van der Waals surface area contributed by atoms with Crippen LogP contribution in [0.4, 0.5) is 5.69 Å². The van der Waals surface area contributed by atoms with Gasteiger partial charge in [0.25, 0.3) is 5.91 Å². The van der Waals surface area contributed by atoms with Crippen LogP contribution in [-0.4, -0.2) is 37.3 Å². The van der Waals surface area contributed by atoms with Crippen molar-refractivity contribution in [3.63, 3.8) is 0 Å². The Morgan fingerprint density at radius 2 is 1.77 bits per heavy atom. The summed E-state index contributed by atoms with van der Waals surface area (Å²) in [6, 6.07) is 16.7. The van der Waals surface area contributed by atoms with E-state index >= 15 is 0 Å². The quantitative estimate of drug-likeness (QED) is 0.596. The topological polar surface area (TPSA) is 88.6 Å². The summed E-state index contributed by atoms with van der Waals surface area (Å²) in [6.07, 6.45) is 3.19. The molecule has 0 aliphatic heterocycles. The number of pyridine rings is 1. The molecule has 0 unspecified atom stereocenters. The van der Waals surface area contributed by atoms with E-state index in [1.165, 1.54) is 23.5 Å². The second-order valence-electron chi connectivity index (χ2n) is 6.50. The van der Waals surface area contributed by atoms with Gasteiger partial charge in [-0.05, 0) is 54.1 Å². The minimum atomic E-state index is -3.65. The lowest BCUT2D eigenvalue weighted by atomic mass is 10.1. The molecule has 0 radical (unpaired) electrons. The minimum Gasteiger partial charge on any atom is -0.497 e. The molecule has 0 aliphatic rings. The molecule has 0 atom stereocenters. The molecule has 1 N–H and O–H groups in total. The molecule has 0 bridgehead atoms. The Balaban J connectivity index is 1.71. The lowest BCUT2D eigenvalue weighted by molar-refractivity contribution is 0.102. The second kappa shape index (κ2) is 9.51. The van der Waals surface area contributed by atoms with Crippen LogP contribution in [0.3, 0.4) is 0 Å². The monoisotopic (exact) mass is 425 g/mol. The third kappa shape index (κ3) is 5.03. The molecule has 0 aliphatic carbocycles. The lowest BCUT2D eigenvalue weighted by Gasteiger charge is -2.21. The molecular weight excluding hydrogens is 402 g/mol. The summed E-state index contributed by atoms with van der Waals surface area (Å²) in [7, 11) is -2.12. The fourth-order valence-electron chi connectivity index (χ4n) is 2.87. The van der Waals surface area contributed by atoms with Gasteiger partial charge in [0.1, 0.15) is 5.75 Å². The van der Waals surface area contributed by atoms with E-state index in [1.807, 2.05) is 0 Å². The van der Waals surface area contributed by atoms with Gasteiger partial charge in [-0.25, -0.2) is 8.42 Å². The first-order valence-electron chi connectivity index (χ1n) is 9.38. The average Bonchev–Trinajstić information content (AvgIpc) is 2.78. The maximum absolute atomic E-state index is 13.0. The van der Waals surface area contributed by atoms with Gasteiger partial charge in [0.2, 0.25) is 10.0 Å². The number of carbonyl (C=O) groups excluding carboxylic acids is 1. The van der Waals surface area contributed by atoms with Crippen molar-refractivity contribution in [1.82, 2.24) is 9.29 Å². The molecule has 3 rings (SSSR count). The summed E-state index contributed by atoms with van der Waals surface area (Å²) in [5, 5.41) is 2.77. The largest absolute Gasteiger partial charge is 0.497 e. The van der Waals surface area contributed by atoms with Gasteiger partial charge in [0.15, 0.2) is 0 Å². The number of methoxy groups -OCH3 is 1. The van der Waals surface area contributed by atoms with E-state index in [0.29, 0.717) is 23.5 Å². The summed E-state index contributed by atoms with van der Waals surface area (Å²) >= 11 is 0. The molecule has 0 spiro atoms. The fraction of sp³-hybridized carbons (Fsp3) is 0.182. The zero-order chi connectivity index (χ0) is 21.6. The van der Waals surface area contributed by atoms with Gasteiger partial charge in [-0.2, -0.15) is 4.31 Å². The Hall–Kier alpha value is -3.23. The Morgan fingerprint density at radius 3 is 2.33 bits per heavy atom. The van der Waals surface area contributed by atoms with Crippen LogP contribution in [0.5, 0.6) is 5.75 Å². The second-order valence-corrected chi connectivity index (χ2v) is 8.44. The number of ether oxygens (including phenoxy) is 1. The Labute approximate surface area is 176 Å². The average molecular weight is 426 g/mol. The number of carbonyl (C=O) groups is 1. The highest BCUT2D eigenvalue weighted by atomic mass is 32.2.